The molecule has 1 amide bonds. The van der Waals surface area contributed by atoms with Crippen LogP contribution in [0.4, 0.5) is 0 Å². The van der Waals surface area contributed by atoms with Crippen molar-refractivity contribution in [3.63, 3.8) is 0 Å². The minimum absolute atomic E-state index is 0.0248. The lowest BCUT2D eigenvalue weighted by atomic mass is 9.99. The normalized spacial score (nSPS) is 11.0. The largest absolute Gasteiger partial charge is 0.344 e. The van der Waals surface area contributed by atoms with Crippen LogP contribution in [0.2, 0.25) is 0 Å². The molecular weight excluding hydrogens is 328 g/mol. The summed E-state index contributed by atoms with van der Waals surface area (Å²) < 4.78 is 0. The van der Waals surface area contributed by atoms with Gasteiger partial charge in [-0.05, 0) is 29.6 Å². The van der Waals surface area contributed by atoms with Gasteiger partial charge in [0.2, 0.25) is 5.91 Å². The Balaban J connectivity index is 1.68. The number of nitrogens with one attached hydrogen (secondary N) is 1. The first-order valence-corrected chi connectivity index (χ1v) is 9.20. The standard InChI is InChI=1S/C21H22N2OS/c1-23(15-19-13-8-14-25-19)16-20(24)22-21(17-9-4-2-5-10-17)18-11-6-3-7-12-18/h2-14,21H,15-16H2,1H3,(H,22,24). The van der Waals surface area contributed by atoms with Crippen molar-refractivity contribution < 1.29 is 4.79 Å². The number of benzene rings is 2. The molecule has 0 saturated heterocycles. The molecule has 128 valence electrons. The summed E-state index contributed by atoms with van der Waals surface area (Å²) in [5, 5.41) is 5.24. The van der Waals surface area contributed by atoms with Crippen molar-refractivity contribution in [1.82, 2.24) is 10.2 Å². The second-order valence-corrected chi connectivity index (χ2v) is 7.11. The molecule has 3 nitrogen and oxygen atoms in total. The van der Waals surface area contributed by atoms with Crippen molar-refractivity contribution in [3.05, 3.63) is 94.2 Å². The fourth-order valence-corrected chi connectivity index (χ4v) is 3.61. The summed E-state index contributed by atoms with van der Waals surface area (Å²) in [6.45, 7) is 1.15. The van der Waals surface area contributed by atoms with Gasteiger partial charge in [0.15, 0.2) is 0 Å². The predicted molar refractivity (Wildman–Crippen MR) is 104 cm³/mol. The lowest BCUT2D eigenvalue weighted by Crippen LogP contribution is -2.37. The predicted octanol–water partition coefficient (Wildman–Crippen LogP) is 4.09. The van der Waals surface area contributed by atoms with Crippen LogP contribution < -0.4 is 5.32 Å². The minimum Gasteiger partial charge on any atom is -0.344 e. The van der Waals surface area contributed by atoms with Crippen LogP contribution >= 0.6 is 11.3 Å². The van der Waals surface area contributed by atoms with Crippen molar-refractivity contribution >= 4 is 17.2 Å². The van der Waals surface area contributed by atoms with E-state index < -0.39 is 0 Å². The van der Waals surface area contributed by atoms with Gasteiger partial charge < -0.3 is 5.32 Å². The Kier molecular flexibility index (Phi) is 5.99. The van der Waals surface area contributed by atoms with E-state index in [-0.39, 0.29) is 11.9 Å². The molecule has 3 aromatic rings. The molecule has 1 aromatic heterocycles. The van der Waals surface area contributed by atoms with Crippen LogP contribution in [0.1, 0.15) is 22.0 Å². The number of hydrogen-bond acceptors (Lipinski definition) is 3. The highest BCUT2D eigenvalue weighted by Crippen LogP contribution is 2.21. The molecule has 0 fully saturated rings. The zero-order valence-corrected chi connectivity index (χ0v) is 15.1. The molecule has 0 saturated carbocycles. The van der Waals surface area contributed by atoms with Crippen molar-refractivity contribution in [3.8, 4) is 0 Å². The van der Waals surface area contributed by atoms with Crippen molar-refractivity contribution in [2.45, 2.75) is 12.6 Å². The van der Waals surface area contributed by atoms with Crippen LogP contribution in [0.15, 0.2) is 78.2 Å². The number of carbonyl (C=O) groups excluding carboxylic acids is 1. The fourth-order valence-electron chi connectivity index (χ4n) is 2.83. The van der Waals surface area contributed by atoms with E-state index in [1.807, 2.05) is 78.7 Å². The third kappa shape index (κ3) is 5.02. The van der Waals surface area contributed by atoms with E-state index in [1.165, 1.54) is 4.88 Å². The first kappa shape index (κ1) is 17.4. The third-order valence-corrected chi connectivity index (χ3v) is 4.85. The van der Waals surface area contributed by atoms with Gasteiger partial charge in [0.1, 0.15) is 0 Å². The molecule has 4 heteroatoms. The molecular formula is C21H22N2OS. The highest BCUT2D eigenvalue weighted by molar-refractivity contribution is 7.09. The molecule has 0 radical (unpaired) electrons. The maximum atomic E-state index is 12.6. The number of amides is 1. The van der Waals surface area contributed by atoms with Gasteiger partial charge in [-0.3, -0.25) is 9.69 Å². The molecule has 0 aliphatic carbocycles. The van der Waals surface area contributed by atoms with Crippen LogP contribution in [-0.2, 0) is 11.3 Å². The maximum Gasteiger partial charge on any atom is 0.234 e. The molecule has 25 heavy (non-hydrogen) atoms. The molecule has 0 unspecified atom stereocenters. The van der Waals surface area contributed by atoms with Crippen molar-refractivity contribution in [2.75, 3.05) is 13.6 Å². The number of nitrogens with zero attached hydrogens (tertiary/aromatic N) is 1. The van der Waals surface area contributed by atoms with Crippen LogP contribution in [0.25, 0.3) is 0 Å². The van der Waals surface area contributed by atoms with E-state index in [0.29, 0.717) is 6.54 Å². The van der Waals surface area contributed by atoms with Gasteiger partial charge in [0, 0.05) is 11.4 Å². The quantitative estimate of drug-likeness (QED) is 0.696. The summed E-state index contributed by atoms with van der Waals surface area (Å²) >= 11 is 1.71. The summed E-state index contributed by atoms with van der Waals surface area (Å²) in [5.74, 6) is 0.0248. The Morgan fingerprint density at radius 1 is 0.960 bits per heavy atom. The zero-order chi connectivity index (χ0) is 17.5. The van der Waals surface area contributed by atoms with Gasteiger partial charge in [0.05, 0.1) is 12.6 Å². The van der Waals surface area contributed by atoms with Gasteiger partial charge in [-0.15, -0.1) is 11.3 Å². The maximum absolute atomic E-state index is 12.6. The minimum atomic E-state index is -0.134. The first-order chi connectivity index (χ1) is 12.2. The topological polar surface area (TPSA) is 32.3 Å². The number of carbonyl (C=O) groups is 1. The molecule has 2 aromatic carbocycles. The summed E-state index contributed by atoms with van der Waals surface area (Å²) in [4.78, 5) is 15.9. The highest BCUT2D eigenvalue weighted by atomic mass is 32.1. The van der Waals surface area contributed by atoms with Crippen LogP contribution in [0, 0.1) is 0 Å². The highest BCUT2D eigenvalue weighted by Gasteiger charge is 2.17. The first-order valence-electron chi connectivity index (χ1n) is 8.32. The Bertz CT molecular complexity index is 733. The van der Waals surface area contributed by atoms with E-state index >= 15 is 0 Å². The molecule has 3 rings (SSSR count). The van der Waals surface area contributed by atoms with Gasteiger partial charge in [-0.2, -0.15) is 0 Å². The van der Waals surface area contributed by atoms with Gasteiger partial charge in [0.25, 0.3) is 0 Å². The molecule has 1 N–H and O–H groups in total. The van der Waals surface area contributed by atoms with Crippen LogP contribution in [0.5, 0.6) is 0 Å². The summed E-state index contributed by atoms with van der Waals surface area (Å²) in [7, 11) is 1.97. The Hall–Kier alpha value is -2.43. The molecule has 0 atom stereocenters. The number of likely N-dealkylation sites (N-methyl/N-ethyl adjacent to an activating group) is 1. The van der Waals surface area contributed by atoms with Crippen LogP contribution in [0.3, 0.4) is 0 Å². The Labute approximate surface area is 152 Å². The van der Waals surface area contributed by atoms with Crippen molar-refractivity contribution in [2.24, 2.45) is 0 Å². The lowest BCUT2D eigenvalue weighted by molar-refractivity contribution is -0.122. The average Bonchev–Trinajstić information content (AvgIpc) is 3.14. The SMILES string of the molecule is CN(CC(=O)NC(c1ccccc1)c1ccccc1)Cc1cccs1. The van der Waals surface area contributed by atoms with Crippen molar-refractivity contribution in [1.29, 1.82) is 0 Å². The molecule has 0 bridgehead atoms. The average molecular weight is 350 g/mol. The fraction of sp³-hybridized carbons (Fsp3) is 0.190. The molecule has 0 aliphatic heterocycles. The number of rotatable bonds is 7. The van der Waals surface area contributed by atoms with E-state index in [9.17, 15) is 4.79 Å². The second kappa shape index (κ2) is 8.60. The smallest absolute Gasteiger partial charge is 0.234 e. The summed E-state index contributed by atoms with van der Waals surface area (Å²) in [6.07, 6.45) is 0. The Morgan fingerprint density at radius 3 is 2.08 bits per heavy atom. The van der Waals surface area contributed by atoms with E-state index in [1.54, 1.807) is 11.3 Å². The van der Waals surface area contributed by atoms with E-state index in [2.05, 4.69) is 16.8 Å². The number of thiophene rings is 1. The number of hydrogen-bond donors (Lipinski definition) is 1. The van der Waals surface area contributed by atoms with Gasteiger partial charge in [-0.1, -0.05) is 66.7 Å². The lowest BCUT2D eigenvalue weighted by Gasteiger charge is -2.22. The molecule has 1 heterocycles. The van der Waals surface area contributed by atoms with Gasteiger partial charge in [-0.25, -0.2) is 0 Å². The van der Waals surface area contributed by atoms with Crippen LogP contribution in [-0.4, -0.2) is 24.4 Å². The summed E-state index contributed by atoms with van der Waals surface area (Å²) in [6, 6.07) is 24.2. The van der Waals surface area contributed by atoms with E-state index in [4.69, 9.17) is 0 Å². The van der Waals surface area contributed by atoms with E-state index in [0.717, 1.165) is 17.7 Å². The monoisotopic (exact) mass is 350 g/mol. The second-order valence-electron chi connectivity index (χ2n) is 6.07. The summed E-state index contributed by atoms with van der Waals surface area (Å²) in [5.41, 5.74) is 2.17. The van der Waals surface area contributed by atoms with Gasteiger partial charge >= 0.3 is 0 Å². The Morgan fingerprint density at radius 2 is 1.56 bits per heavy atom. The molecule has 0 aliphatic rings. The third-order valence-electron chi connectivity index (χ3n) is 3.99. The molecule has 0 spiro atoms. The zero-order valence-electron chi connectivity index (χ0n) is 14.3.